The summed E-state index contributed by atoms with van der Waals surface area (Å²) in [5.41, 5.74) is 3.71. The lowest BCUT2D eigenvalue weighted by Crippen LogP contribution is -2.11. The van der Waals surface area contributed by atoms with Gasteiger partial charge in [-0.15, -0.1) is 0 Å². The van der Waals surface area contributed by atoms with Crippen LogP contribution < -0.4 is 4.74 Å². The lowest BCUT2D eigenvalue weighted by atomic mass is 9.78. The van der Waals surface area contributed by atoms with E-state index in [-0.39, 0.29) is 12.4 Å². The Bertz CT molecular complexity index is 1150. The van der Waals surface area contributed by atoms with E-state index in [4.69, 9.17) is 4.74 Å². The molecule has 0 bridgehead atoms. The molecule has 0 amide bonds. The van der Waals surface area contributed by atoms with Crippen molar-refractivity contribution in [3.05, 3.63) is 102 Å². The minimum absolute atomic E-state index is 0.0795. The van der Waals surface area contributed by atoms with Gasteiger partial charge in [0.2, 0.25) is 5.82 Å². The van der Waals surface area contributed by atoms with E-state index in [2.05, 4.69) is 49.9 Å². The summed E-state index contributed by atoms with van der Waals surface area (Å²) in [6.45, 7) is 5.91. The molecule has 0 saturated heterocycles. The smallest absolute Gasteiger partial charge is 0.201 e. The molecule has 4 rings (SSSR count). The third kappa shape index (κ3) is 6.39. The maximum Gasteiger partial charge on any atom is 0.201 e. The second-order valence-corrected chi connectivity index (χ2v) is 9.73. The fourth-order valence-corrected chi connectivity index (χ4v) is 5.11. The van der Waals surface area contributed by atoms with Gasteiger partial charge in [0.05, 0.1) is 0 Å². The lowest BCUT2D eigenvalue weighted by molar-refractivity contribution is 0.334. The maximum atomic E-state index is 14.7. The van der Waals surface area contributed by atoms with Crippen molar-refractivity contribution >= 4 is 10.8 Å². The molecule has 1 fully saturated rings. The van der Waals surface area contributed by atoms with E-state index in [0.29, 0.717) is 16.7 Å². The largest absolute Gasteiger partial charge is 0.486 e. The van der Waals surface area contributed by atoms with Crippen molar-refractivity contribution in [2.24, 2.45) is 5.92 Å². The minimum atomic E-state index is -0.946. The van der Waals surface area contributed by atoms with Crippen molar-refractivity contribution in [2.75, 3.05) is 6.61 Å². The first-order chi connectivity index (χ1) is 17.1. The van der Waals surface area contributed by atoms with Crippen molar-refractivity contribution in [3.8, 4) is 5.75 Å². The highest BCUT2D eigenvalue weighted by atomic mass is 19.2. The number of rotatable bonds is 10. The van der Waals surface area contributed by atoms with Crippen LogP contribution in [0.1, 0.15) is 68.1 Å². The second kappa shape index (κ2) is 12.2. The fraction of sp³-hybridized carbons (Fsp3) is 0.375. The number of hydrogen-bond donors (Lipinski definition) is 0. The average molecular weight is 475 g/mol. The summed E-state index contributed by atoms with van der Waals surface area (Å²) in [5, 5.41) is 0.924. The van der Waals surface area contributed by atoms with Crippen LogP contribution in [0.4, 0.5) is 8.78 Å². The molecule has 35 heavy (non-hydrogen) atoms. The van der Waals surface area contributed by atoms with Crippen molar-refractivity contribution in [2.45, 2.75) is 64.2 Å². The van der Waals surface area contributed by atoms with Crippen molar-refractivity contribution < 1.29 is 13.5 Å². The average Bonchev–Trinajstić information content (AvgIpc) is 2.90. The number of aryl methyl sites for hydroxylation is 2. The topological polar surface area (TPSA) is 9.23 Å². The van der Waals surface area contributed by atoms with E-state index in [1.165, 1.54) is 55.7 Å². The molecule has 1 nitrogen and oxygen atoms in total. The molecule has 3 aromatic rings. The first-order valence-electron chi connectivity index (χ1n) is 13.0. The summed E-state index contributed by atoms with van der Waals surface area (Å²) >= 11 is 0. The molecule has 1 aliphatic carbocycles. The van der Waals surface area contributed by atoms with Gasteiger partial charge in [0.1, 0.15) is 6.61 Å². The number of hydrogen-bond acceptors (Lipinski definition) is 1. The van der Waals surface area contributed by atoms with Crippen LogP contribution in [0.2, 0.25) is 0 Å². The van der Waals surface area contributed by atoms with Crippen LogP contribution in [0.5, 0.6) is 5.75 Å². The van der Waals surface area contributed by atoms with Crippen LogP contribution in [0.3, 0.4) is 0 Å². The molecule has 1 aliphatic rings. The van der Waals surface area contributed by atoms with Gasteiger partial charge in [-0.2, -0.15) is 4.39 Å². The molecule has 0 radical (unpaired) electrons. The van der Waals surface area contributed by atoms with Gasteiger partial charge < -0.3 is 4.74 Å². The first kappa shape index (κ1) is 25.2. The number of unbranched alkanes of at least 4 members (excludes halogenated alkanes) is 1. The van der Waals surface area contributed by atoms with E-state index in [0.717, 1.165) is 24.3 Å². The zero-order valence-electron chi connectivity index (χ0n) is 20.7. The standard InChI is InChI=1S/C32H36F2O/c1-3-5-6-7-23-10-15-26(16-11-23)27-17-12-24(13-18-27)8-9-25-14-19-28-22-30(35-20-4-2)32(34)31(33)29(28)21-25/h4,6-7,12-14,17-19,21-23,26H,2-3,5,8-11,15-16,20H2,1H3/b7-6+. The number of halogens is 2. The number of benzene rings is 3. The molecule has 3 aromatic carbocycles. The normalized spacial score (nSPS) is 18.3. The summed E-state index contributed by atoms with van der Waals surface area (Å²) in [4.78, 5) is 0. The van der Waals surface area contributed by atoms with E-state index in [9.17, 15) is 8.78 Å². The van der Waals surface area contributed by atoms with Gasteiger partial charge in [-0.1, -0.05) is 74.5 Å². The summed E-state index contributed by atoms with van der Waals surface area (Å²) in [6.07, 6.45) is 15.5. The van der Waals surface area contributed by atoms with E-state index in [1.54, 1.807) is 12.1 Å². The Hall–Kier alpha value is -2.94. The summed E-state index contributed by atoms with van der Waals surface area (Å²) in [7, 11) is 0. The van der Waals surface area contributed by atoms with Gasteiger partial charge in [0.15, 0.2) is 11.6 Å². The zero-order chi connectivity index (χ0) is 24.6. The number of allylic oxidation sites excluding steroid dienone is 2. The van der Waals surface area contributed by atoms with Crippen LogP contribution >= 0.6 is 0 Å². The molecule has 0 unspecified atom stereocenters. The highest BCUT2D eigenvalue weighted by molar-refractivity contribution is 5.85. The third-order valence-corrected chi connectivity index (χ3v) is 7.20. The van der Waals surface area contributed by atoms with E-state index in [1.807, 2.05) is 12.1 Å². The van der Waals surface area contributed by atoms with E-state index >= 15 is 0 Å². The van der Waals surface area contributed by atoms with Gasteiger partial charge in [-0.25, -0.2) is 4.39 Å². The molecule has 184 valence electrons. The lowest BCUT2D eigenvalue weighted by Gasteiger charge is -2.27. The Morgan fingerprint density at radius 2 is 1.63 bits per heavy atom. The Labute approximate surface area is 208 Å². The Morgan fingerprint density at radius 3 is 2.34 bits per heavy atom. The van der Waals surface area contributed by atoms with Crippen molar-refractivity contribution in [1.29, 1.82) is 0 Å². The Morgan fingerprint density at radius 1 is 0.914 bits per heavy atom. The molecule has 0 spiro atoms. The minimum Gasteiger partial charge on any atom is -0.486 e. The zero-order valence-corrected chi connectivity index (χ0v) is 20.7. The van der Waals surface area contributed by atoms with Gasteiger partial charge in [-0.05, 0) is 91.0 Å². The highest BCUT2D eigenvalue weighted by Crippen LogP contribution is 2.36. The summed E-state index contributed by atoms with van der Waals surface area (Å²) < 4.78 is 34.3. The van der Waals surface area contributed by atoms with Crippen molar-refractivity contribution in [3.63, 3.8) is 0 Å². The predicted molar refractivity (Wildman–Crippen MR) is 142 cm³/mol. The van der Waals surface area contributed by atoms with Crippen molar-refractivity contribution in [1.82, 2.24) is 0 Å². The van der Waals surface area contributed by atoms with Gasteiger partial charge in [0.25, 0.3) is 0 Å². The Kier molecular flexibility index (Phi) is 8.74. The molecule has 0 aromatic heterocycles. The first-order valence-corrected chi connectivity index (χ1v) is 13.0. The second-order valence-electron chi connectivity index (χ2n) is 9.73. The number of fused-ring (bicyclic) bond motifs is 1. The SMILES string of the molecule is C=CCOc1cc2ccc(CCc3ccc(C4CCC(/C=C/CCC)CC4)cc3)cc2c(F)c1F. The van der Waals surface area contributed by atoms with Gasteiger partial charge >= 0.3 is 0 Å². The quantitative estimate of drug-likeness (QED) is 0.266. The van der Waals surface area contributed by atoms with Crippen LogP contribution in [0.25, 0.3) is 10.8 Å². The van der Waals surface area contributed by atoms with Crippen LogP contribution in [-0.2, 0) is 12.8 Å². The monoisotopic (exact) mass is 474 g/mol. The van der Waals surface area contributed by atoms with Crippen LogP contribution in [0, 0.1) is 17.6 Å². The molecule has 1 saturated carbocycles. The molecule has 3 heteroatoms. The maximum absolute atomic E-state index is 14.7. The molecular weight excluding hydrogens is 438 g/mol. The van der Waals surface area contributed by atoms with Gasteiger partial charge in [0, 0.05) is 5.39 Å². The molecular formula is C32H36F2O. The predicted octanol–water partition coefficient (Wildman–Crippen LogP) is 9.10. The highest BCUT2D eigenvalue weighted by Gasteiger charge is 2.20. The molecule has 0 N–H and O–H groups in total. The summed E-state index contributed by atoms with van der Waals surface area (Å²) in [6, 6.07) is 16.2. The third-order valence-electron chi connectivity index (χ3n) is 7.20. The van der Waals surface area contributed by atoms with Gasteiger partial charge in [-0.3, -0.25) is 0 Å². The molecule has 0 atom stereocenters. The Balaban J connectivity index is 1.35. The summed E-state index contributed by atoms with van der Waals surface area (Å²) in [5.74, 6) is -0.465. The molecule has 0 heterocycles. The van der Waals surface area contributed by atoms with Crippen LogP contribution in [-0.4, -0.2) is 6.61 Å². The molecule has 0 aliphatic heterocycles. The van der Waals surface area contributed by atoms with E-state index < -0.39 is 11.6 Å². The number of ether oxygens (including phenoxy) is 1. The van der Waals surface area contributed by atoms with Crippen LogP contribution in [0.15, 0.2) is 73.3 Å². The fourth-order valence-electron chi connectivity index (χ4n) is 5.11.